The maximum absolute atomic E-state index is 13.1. The summed E-state index contributed by atoms with van der Waals surface area (Å²) in [5.74, 6) is -0.990. The van der Waals surface area contributed by atoms with Gasteiger partial charge in [-0.1, -0.05) is 35.9 Å². The summed E-state index contributed by atoms with van der Waals surface area (Å²) in [6, 6.07) is 13.8. The van der Waals surface area contributed by atoms with Gasteiger partial charge in [-0.3, -0.25) is 18.9 Å². The number of carbonyl (C=O) groups excluding carboxylic acids is 2. The number of amides is 2. The summed E-state index contributed by atoms with van der Waals surface area (Å²) in [5, 5.41) is 5.83. The molecule has 0 aliphatic carbocycles. The summed E-state index contributed by atoms with van der Waals surface area (Å²) in [6.07, 6.45) is 4.31. The molecule has 10 heteroatoms. The van der Waals surface area contributed by atoms with Crippen LogP contribution in [-0.2, 0) is 21.4 Å². The average Bonchev–Trinajstić information content (AvgIpc) is 2.80. The molecule has 0 saturated heterocycles. The van der Waals surface area contributed by atoms with Gasteiger partial charge in [-0.05, 0) is 55.3 Å². The number of benzene rings is 2. The highest BCUT2D eigenvalue weighted by molar-refractivity contribution is 7.92. The van der Waals surface area contributed by atoms with Crippen LogP contribution in [0.15, 0.2) is 67.0 Å². The fourth-order valence-corrected chi connectivity index (χ4v) is 4.80. The van der Waals surface area contributed by atoms with Crippen molar-refractivity contribution in [3.8, 4) is 0 Å². The number of pyridine rings is 1. The Morgan fingerprint density at radius 3 is 2.53 bits per heavy atom. The minimum atomic E-state index is -3.83. The third-order valence-corrected chi connectivity index (χ3v) is 6.57. The van der Waals surface area contributed by atoms with Gasteiger partial charge in [-0.25, -0.2) is 8.42 Å². The van der Waals surface area contributed by atoms with E-state index >= 15 is 0 Å². The molecule has 0 unspecified atom stereocenters. The molecule has 8 nitrogen and oxygen atoms in total. The molecule has 34 heavy (non-hydrogen) atoms. The number of anilines is 2. The van der Waals surface area contributed by atoms with E-state index in [2.05, 4.69) is 15.6 Å². The summed E-state index contributed by atoms with van der Waals surface area (Å²) in [6.45, 7) is 3.47. The summed E-state index contributed by atoms with van der Waals surface area (Å²) < 4.78 is 26.3. The molecular weight excluding hydrogens is 476 g/mol. The number of sulfonamides is 1. The highest BCUT2D eigenvalue weighted by Gasteiger charge is 2.31. The van der Waals surface area contributed by atoms with Crippen LogP contribution in [0.2, 0.25) is 5.02 Å². The molecule has 2 N–H and O–H groups in total. The van der Waals surface area contributed by atoms with E-state index in [1.165, 1.54) is 13.0 Å². The molecule has 0 aliphatic heterocycles. The number of carbonyl (C=O) groups is 2. The molecule has 178 valence electrons. The number of hydrogen-bond donors (Lipinski definition) is 2. The molecule has 1 aromatic heterocycles. The molecule has 1 atom stereocenters. The van der Waals surface area contributed by atoms with Crippen molar-refractivity contribution in [3.05, 3.63) is 88.7 Å². The van der Waals surface area contributed by atoms with Crippen molar-refractivity contribution in [2.45, 2.75) is 26.4 Å². The zero-order valence-corrected chi connectivity index (χ0v) is 20.5. The highest BCUT2D eigenvalue weighted by atomic mass is 35.5. The fraction of sp³-hybridized carbons (Fsp3) is 0.208. The molecule has 3 rings (SSSR count). The van der Waals surface area contributed by atoms with Crippen molar-refractivity contribution in [1.29, 1.82) is 0 Å². The van der Waals surface area contributed by atoms with Crippen LogP contribution >= 0.6 is 11.6 Å². The van der Waals surface area contributed by atoms with Gasteiger partial charge in [0.05, 0.1) is 23.2 Å². The minimum absolute atomic E-state index is 0.247. The van der Waals surface area contributed by atoms with Crippen LogP contribution in [-0.4, -0.2) is 37.5 Å². The number of rotatable bonds is 8. The smallest absolute Gasteiger partial charge is 0.253 e. The topological polar surface area (TPSA) is 108 Å². The van der Waals surface area contributed by atoms with E-state index in [4.69, 9.17) is 11.6 Å². The SMILES string of the molecule is Cc1ccc(Cl)cc1N([C@@H](C)C(=O)Nc1ccccc1C(=O)NCc1cccnc1)S(C)(=O)=O. The molecule has 2 amide bonds. The summed E-state index contributed by atoms with van der Waals surface area (Å²) >= 11 is 6.08. The number of halogens is 1. The Bertz CT molecular complexity index is 1300. The third-order valence-electron chi connectivity index (χ3n) is 5.10. The molecule has 0 saturated carbocycles. The summed E-state index contributed by atoms with van der Waals surface area (Å²) in [5.41, 5.74) is 2.28. The maximum atomic E-state index is 13.1. The van der Waals surface area contributed by atoms with E-state index in [1.807, 2.05) is 6.07 Å². The van der Waals surface area contributed by atoms with Crippen LogP contribution in [0.5, 0.6) is 0 Å². The van der Waals surface area contributed by atoms with Crippen LogP contribution in [0.1, 0.15) is 28.4 Å². The van der Waals surface area contributed by atoms with E-state index in [-0.39, 0.29) is 17.8 Å². The largest absolute Gasteiger partial charge is 0.348 e. The summed E-state index contributed by atoms with van der Waals surface area (Å²) in [7, 11) is -3.83. The first-order chi connectivity index (χ1) is 16.1. The monoisotopic (exact) mass is 500 g/mol. The lowest BCUT2D eigenvalue weighted by Gasteiger charge is -2.29. The quantitative estimate of drug-likeness (QED) is 0.489. The Hall–Kier alpha value is -3.43. The van der Waals surface area contributed by atoms with Crippen molar-refractivity contribution in [3.63, 3.8) is 0 Å². The number of hydrogen-bond acceptors (Lipinski definition) is 5. The van der Waals surface area contributed by atoms with Crippen LogP contribution in [0.4, 0.5) is 11.4 Å². The number of aromatic nitrogens is 1. The number of para-hydroxylation sites is 1. The first kappa shape index (κ1) is 25.2. The van der Waals surface area contributed by atoms with Crippen LogP contribution in [0, 0.1) is 6.92 Å². The molecule has 1 heterocycles. The Morgan fingerprint density at radius 2 is 1.85 bits per heavy atom. The Labute approximate surface area is 204 Å². The maximum Gasteiger partial charge on any atom is 0.253 e. The molecule has 0 bridgehead atoms. The predicted molar refractivity (Wildman–Crippen MR) is 133 cm³/mol. The van der Waals surface area contributed by atoms with Gasteiger partial charge in [0, 0.05) is 24.0 Å². The minimum Gasteiger partial charge on any atom is -0.348 e. The lowest BCUT2D eigenvalue weighted by Crippen LogP contribution is -2.45. The average molecular weight is 501 g/mol. The first-order valence-electron chi connectivity index (χ1n) is 10.4. The molecule has 3 aromatic rings. The van der Waals surface area contributed by atoms with Gasteiger partial charge in [0.2, 0.25) is 15.9 Å². The number of nitrogens with one attached hydrogen (secondary N) is 2. The van der Waals surface area contributed by atoms with Gasteiger partial charge >= 0.3 is 0 Å². The Kier molecular flexibility index (Phi) is 7.90. The van der Waals surface area contributed by atoms with Crippen molar-refractivity contribution < 1.29 is 18.0 Å². The zero-order chi connectivity index (χ0) is 24.9. The second-order valence-corrected chi connectivity index (χ2v) is 10.0. The normalized spacial score (nSPS) is 12.0. The zero-order valence-electron chi connectivity index (χ0n) is 18.9. The van der Waals surface area contributed by atoms with E-state index in [0.717, 1.165) is 16.1 Å². The molecule has 0 spiro atoms. The standard InChI is InChI=1S/C24H25ClN4O4S/c1-16-10-11-19(25)13-22(16)29(34(3,32)33)17(2)23(30)28-21-9-5-4-8-20(21)24(31)27-15-18-7-6-12-26-14-18/h4-14,17H,15H2,1-3H3,(H,27,31)(H,28,30)/t17-/m0/s1. The van der Waals surface area contributed by atoms with Gasteiger partial charge < -0.3 is 10.6 Å². The van der Waals surface area contributed by atoms with Crippen molar-refractivity contribution in [2.24, 2.45) is 0 Å². The second-order valence-electron chi connectivity index (χ2n) is 7.74. The second kappa shape index (κ2) is 10.7. The van der Waals surface area contributed by atoms with Crippen molar-refractivity contribution in [1.82, 2.24) is 10.3 Å². The predicted octanol–water partition coefficient (Wildman–Crippen LogP) is 3.77. The number of aryl methyl sites for hydroxylation is 1. The van der Waals surface area contributed by atoms with Gasteiger partial charge in [0.1, 0.15) is 6.04 Å². The van der Waals surface area contributed by atoms with Gasteiger partial charge in [0.25, 0.3) is 5.91 Å². The first-order valence-corrected chi connectivity index (χ1v) is 12.6. The molecule has 0 fully saturated rings. The van der Waals surface area contributed by atoms with E-state index in [1.54, 1.807) is 61.8 Å². The lowest BCUT2D eigenvalue weighted by atomic mass is 10.1. The Balaban J connectivity index is 1.83. The highest BCUT2D eigenvalue weighted by Crippen LogP contribution is 2.29. The number of nitrogens with zero attached hydrogens (tertiary/aromatic N) is 2. The summed E-state index contributed by atoms with van der Waals surface area (Å²) in [4.78, 5) is 29.9. The van der Waals surface area contributed by atoms with Gasteiger partial charge in [-0.2, -0.15) is 0 Å². The van der Waals surface area contributed by atoms with Crippen molar-refractivity contribution >= 4 is 44.8 Å². The third kappa shape index (κ3) is 6.12. The molecular formula is C24H25ClN4O4S. The van der Waals surface area contributed by atoms with E-state index in [9.17, 15) is 18.0 Å². The molecule has 0 aliphatic rings. The van der Waals surface area contributed by atoms with Crippen LogP contribution in [0.3, 0.4) is 0 Å². The Morgan fingerprint density at radius 1 is 1.12 bits per heavy atom. The van der Waals surface area contributed by atoms with Gasteiger partial charge in [-0.15, -0.1) is 0 Å². The van der Waals surface area contributed by atoms with E-state index < -0.39 is 27.9 Å². The van der Waals surface area contributed by atoms with Crippen LogP contribution < -0.4 is 14.9 Å². The van der Waals surface area contributed by atoms with Gasteiger partial charge in [0.15, 0.2) is 0 Å². The van der Waals surface area contributed by atoms with Crippen molar-refractivity contribution in [2.75, 3.05) is 15.9 Å². The molecule has 2 aromatic carbocycles. The lowest BCUT2D eigenvalue weighted by molar-refractivity contribution is -0.116. The molecule has 0 radical (unpaired) electrons. The van der Waals surface area contributed by atoms with Crippen LogP contribution in [0.25, 0.3) is 0 Å². The fourth-order valence-electron chi connectivity index (χ4n) is 3.41. The van der Waals surface area contributed by atoms with E-state index in [0.29, 0.717) is 16.3 Å².